The number of nitrogens with one attached hydrogen (secondary N) is 2. The van der Waals surface area contributed by atoms with Gasteiger partial charge in [0.25, 0.3) is 5.91 Å². The molecule has 10 heteroatoms. The fourth-order valence-electron chi connectivity index (χ4n) is 3.31. The third-order valence-electron chi connectivity index (χ3n) is 5.04. The molecule has 4 rings (SSSR count). The maximum absolute atomic E-state index is 12.6. The van der Waals surface area contributed by atoms with Crippen molar-refractivity contribution in [3.8, 4) is 5.82 Å². The molecule has 0 aliphatic carbocycles. The Morgan fingerprint density at radius 3 is 2.97 bits per heavy atom. The fourth-order valence-corrected chi connectivity index (χ4v) is 3.56. The number of aliphatic hydroxyl groups is 1. The second-order valence-corrected chi connectivity index (χ2v) is 7.68. The van der Waals surface area contributed by atoms with Crippen LogP contribution in [-0.4, -0.2) is 49.8 Å². The van der Waals surface area contributed by atoms with Crippen molar-refractivity contribution in [1.82, 2.24) is 24.8 Å². The first kappa shape index (κ1) is 21.2. The van der Waals surface area contributed by atoms with E-state index in [1.807, 2.05) is 6.92 Å². The Balaban J connectivity index is 1.46. The number of carbonyl (C=O) groups excluding carboxylic acids is 1. The molecule has 0 radical (unpaired) electrons. The van der Waals surface area contributed by atoms with Gasteiger partial charge in [-0.15, -0.1) is 0 Å². The molecule has 1 aromatic carbocycles. The maximum Gasteiger partial charge on any atom is 0.271 e. The van der Waals surface area contributed by atoms with Crippen molar-refractivity contribution in [2.75, 3.05) is 18.5 Å². The van der Waals surface area contributed by atoms with Crippen molar-refractivity contribution in [1.29, 1.82) is 0 Å². The van der Waals surface area contributed by atoms with Crippen molar-refractivity contribution in [2.24, 2.45) is 0 Å². The van der Waals surface area contributed by atoms with E-state index in [1.165, 1.54) is 0 Å². The van der Waals surface area contributed by atoms with E-state index in [0.29, 0.717) is 29.0 Å². The van der Waals surface area contributed by atoms with E-state index >= 15 is 0 Å². The van der Waals surface area contributed by atoms with Crippen molar-refractivity contribution in [2.45, 2.75) is 32.5 Å². The molecule has 1 fully saturated rings. The highest BCUT2D eigenvalue weighted by atomic mass is 35.5. The third kappa shape index (κ3) is 4.84. The first-order chi connectivity index (χ1) is 15.0. The van der Waals surface area contributed by atoms with E-state index in [4.69, 9.17) is 16.3 Å². The predicted octanol–water partition coefficient (Wildman–Crippen LogP) is 2.25. The number of imidazole rings is 1. The Hall–Kier alpha value is -3.01. The highest BCUT2D eigenvalue weighted by molar-refractivity contribution is 6.32. The second-order valence-electron chi connectivity index (χ2n) is 7.30. The first-order valence-corrected chi connectivity index (χ1v) is 10.3. The van der Waals surface area contributed by atoms with Crippen LogP contribution in [-0.2, 0) is 17.9 Å². The Morgan fingerprint density at radius 2 is 2.19 bits per heavy atom. The average Bonchev–Trinajstić information content (AvgIpc) is 3.46. The Morgan fingerprint density at radius 1 is 1.35 bits per heavy atom. The molecule has 3 aromatic rings. The molecule has 0 saturated carbocycles. The molecule has 3 N–H and O–H groups in total. The lowest BCUT2D eigenvalue weighted by Crippen LogP contribution is -2.23. The highest BCUT2D eigenvalue weighted by Gasteiger charge is 2.18. The van der Waals surface area contributed by atoms with Crippen LogP contribution in [0.4, 0.5) is 5.95 Å². The van der Waals surface area contributed by atoms with Gasteiger partial charge in [-0.2, -0.15) is 4.98 Å². The molecule has 2 aromatic heterocycles. The molecule has 1 amide bonds. The van der Waals surface area contributed by atoms with Crippen LogP contribution in [0.2, 0.25) is 5.02 Å². The molecule has 0 spiro atoms. The molecule has 1 atom stereocenters. The highest BCUT2D eigenvalue weighted by Crippen LogP contribution is 2.21. The summed E-state index contributed by atoms with van der Waals surface area (Å²) in [6, 6.07) is 5.52. The lowest BCUT2D eigenvalue weighted by molar-refractivity contribution is 0.0946. The topological polar surface area (TPSA) is 114 Å². The van der Waals surface area contributed by atoms with Crippen LogP contribution in [0.15, 0.2) is 36.9 Å². The Bertz CT molecular complexity index is 1080. The largest absolute Gasteiger partial charge is 0.392 e. The van der Waals surface area contributed by atoms with Gasteiger partial charge in [-0.3, -0.25) is 9.36 Å². The van der Waals surface area contributed by atoms with Gasteiger partial charge >= 0.3 is 0 Å². The maximum atomic E-state index is 12.6. The summed E-state index contributed by atoms with van der Waals surface area (Å²) in [4.78, 5) is 25.7. The van der Waals surface area contributed by atoms with E-state index in [9.17, 15) is 9.90 Å². The number of amides is 1. The molecule has 1 unspecified atom stereocenters. The van der Waals surface area contributed by atoms with Gasteiger partial charge in [-0.25, -0.2) is 9.97 Å². The summed E-state index contributed by atoms with van der Waals surface area (Å²) in [6.07, 6.45) is 5.81. The molecule has 31 heavy (non-hydrogen) atoms. The van der Waals surface area contributed by atoms with Crippen LogP contribution < -0.4 is 10.6 Å². The van der Waals surface area contributed by atoms with E-state index in [1.54, 1.807) is 41.5 Å². The number of rotatable bonds is 7. The van der Waals surface area contributed by atoms with Crippen molar-refractivity contribution >= 4 is 23.5 Å². The van der Waals surface area contributed by atoms with Gasteiger partial charge < -0.3 is 20.5 Å². The van der Waals surface area contributed by atoms with Crippen molar-refractivity contribution in [3.05, 3.63) is 64.3 Å². The van der Waals surface area contributed by atoms with Crippen LogP contribution >= 0.6 is 11.6 Å². The molecular weight excluding hydrogens is 420 g/mol. The molecule has 0 bridgehead atoms. The summed E-state index contributed by atoms with van der Waals surface area (Å²) in [7, 11) is 0. The summed E-state index contributed by atoms with van der Waals surface area (Å²) >= 11 is 6.26. The minimum absolute atomic E-state index is 0.159. The average molecular weight is 443 g/mol. The fraction of sp³-hybridized carbons (Fsp3) is 0.333. The summed E-state index contributed by atoms with van der Waals surface area (Å²) in [6.45, 7) is 3.32. The molecule has 162 valence electrons. The molecule has 9 nitrogen and oxygen atoms in total. The van der Waals surface area contributed by atoms with Crippen LogP contribution in [0, 0.1) is 6.92 Å². The lowest BCUT2D eigenvalue weighted by atomic mass is 10.1. The summed E-state index contributed by atoms with van der Waals surface area (Å²) in [5, 5.41) is 15.8. The van der Waals surface area contributed by atoms with Crippen molar-refractivity contribution < 1.29 is 14.6 Å². The summed E-state index contributed by atoms with van der Waals surface area (Å²) < 4.78 is 7.07. The monoisotopic (exact) mass is 442 g/mol. The number of halogens is 1. The van der Waals surface area contributed by atoms with Gasteiger partial charge in [-0.05, 0) is 24.5 Å². The zero-order valence-corrected chi connectivity index (χ0v) is 17.8. The number of aryl methyl sites for hydroxylation is 1. The molecule has 3 heterocycles. The number of nitrogens with zero attached hydrogens (tertiary/aromatic N) is 4. The normalized spacial score (nSPS) is 15.8. The van der Waals surface area contributed by atoms with E-state index in [2.05, 4.69) is 25.6 Å². The van der Waals surface area contributed by atoms with Gasteiger partial charge in [0.05, 0.1) is 24.3 Å². The van der Waals surface area contributed by atoms with Crippen molar-refractivity contribution in [3.63, 3.8) is 0 Å². The number of benzene rings is 1. The summed E-state index contributed by atoms with van der Waals surface area (Å²) in [5.74, 6) is 0.813. The number of aromatic nitrogens is 4. The summed E-state index contributed by atoms with van der Waals surface area (Å²) in [5.41, 5.74) is 2.45. The number of hydrogen-bond acceptors (Lipinski definition) is 7. The molecular formula is C21H23ClN6O3. The predicted molar refractivity (Wildman–Crippen MR) is 115 cm³/mol. The van der Waals surface area contributed by atoms with Gasteiger partial charge in [-0.1, -0.05) is 29.8 Å². The van der Waals surface area contributed by atoms with Gasteiger partial charge in [0.2, 0.25) is 5.95 Å². The molecule has 1 aliphatic rings. The smallest absolute Gasteiger partial charge is 0.271 e. The van der Waals surface area contributed by atoms with Gasteiger partial charge in [0.15, 0.2) is 0 Å². The molecule has 1 aliphatic heterocycles. The Kier molecular flexibility index (Phi) is 6.45. The quantitative estimate of drug-likeness (QED) is 0.514. The lowest BCUT2D eigenvalue weighted by Gasteiger charge is -2.12. The minimum Gasteiger partial charge on any atom is -0.392 e. The first-order valence-electron chi connectivity index (χ1n) is 9.92. The SMILES string of the molecule is Cc1cnc(NC2CCOC2)nc1-n1cnc(C(=O)NCc2cccc(CO)c2Cl)c1. The molecule has 1 saturated heterocycles. The van der Waals surface area contributed by atoms with Crippen LogP contribution in [0.3, 0.4) is 0 Å². The van der Waals surface area contributed by atoms with Crippen LogP contribution in [0.5, 0.6) is 0 Å². The van der Waals surface area contributed by atoms with Crippen LogP contribution in [0.1, 0.15) is 33.6 Å². The number of carbonyl (C=O) groups is 1. The van der Waals surface area contributed by atoms with Gasteiger partial charge in [0.1, 0.15) is 17.8 Å². The van der Waals surface area contributed by atoms with E-state index in [-0.39, 0.29) is 30.8 Å². The number of hydrogen-bond donors (Lipinski definition) is 3. The zero-order valence-electron chi connectivity index (χ0n) is 17.0. The van der Waals surface area contributed by atoms with Gasteiger partial charge in [0, 0.05) is 31.1 Å². The Labute approximate surface area is 184 Å². The number of aliphatic hydroxyl groups excluding tert-OH is 1. The third-order valence-corrected chi connectivity index (χ3v) is 5.52. The number of ether oxygens (including phenoxy) is 1. The number of anilines is 1. The minimum atomic E-state index is -0.336. The van der Waals surface area contributed by atoms with E-state index in [0.717, 1.165) is 24.2 Å². The zero-order chi connectivity index (χ0) is 21.8. The van der Waals surface area contributed by atoms with Crippen LogP contribution in [0.25, 0.3) is 5.82 Å². The van der Waals surface area contributed by atoms with E-state index < -0.39 is 0 Å². The standard InChI is InChI=1S/C21H23ClN6O3/c1-13-7-24-21(26-16-5-6-31-11-16)27-19(13)28-9-17(25-12-28)20(30)23-8-14-3-2-4-15(10-29)18(14)22/h2-4,7,9,12,16,29H,5-6,8,10-11H2,1H3,(H,23,30)(H,24,26,27). The second kappa shape index (κ2) is 9.42.